The fraction of sp³-hybridized carbons (Fsp3) is 0.286. The van der Waals surface area contributed by atoms with Crippen LogP contribution in [0.1, 0.15) is 36.0 Å². The lowest BCUT2D eigenvalue weighted by atomic mass is 9.94. The molecule has 0 saturated heterocycles. The van der Waals surface area contributed by atoms with Gasteiger partial charge in [-0.25, -0.2) is 0 Å². The van der Waals surface area contributed by atoms with Gasteiger partial charge in [0.1, 0.15) is 13.2 Å². The Balaban J connectivity index is 1.63. The molecule has 0 radical (unpaired) electrons. The van der Waals surface area contributed by atoms with Crippen molar-refractivity contribution in [3.63, 3.8) is 0 Å². The number of ether oxygens (including phenoxy) is 2. The molecule has 0 saturated carbocycles. The van der Waals surface area contributed by atoms with E-state index in [2.05, 4.69) is 0 Å². The van der Waals surface area contributed by atoms with Gasteiger partial charge < -0.3 is 9.47 Å². The van der Waals surface area contributed by atoms with Crippen molar-refractivity contribution in [3.05, 3.63) is 108 Å². The summed E-state index contributed by atoms with van der Waals surface area (Å²) in [6, 6.07) is 28.0. The lowest BCUT2D eigenvalue weighted by Crippen LogP contribution is -2.24. The molecular weight excluding hydrogens is 463 g/mol. The van der Waals surface area contributed by atoms with Crippen LogP contribution in [-0.2, 0) is 43.3 Å². The van der Waals surface area contributed by atoms with Gasteiger partial charge in [0.2, 0.25) is 0 Å². The molecule has 182 valence electrons. The summed E-state index contributed by atoms with van der Waals surface area (Å²) in [6.45, 7) is 0.255. The Bertz CT molecular complexity index is 1070. The third-order valence-electron chi connectivity index (χ3n) is 5.68. The summed E-state index contributed by atoms with van der Waals surface area (Å²) in [4.78, 5) is 35.3. The van der Waals surface area contributed by atoms with Gasteiger partial charge >= 0.3 is 20.0 Å². The van der Waals surface area contributed by atoms with E-state index in [1.165, 1.54) is 0 Å². The Labute approximate surface area is 206 Å². The first-order valence-electron chi connectivity index (χ1n) is 11.6. The number of carbonyl (C=O) groups is 2. The van der Waals surface area contributed by atoms with Crippen LogP contribution >= 0.6 is 8.03 Å². The minimum atomic E-state index is -2.53. The first-order chi connectivity index (χ1) is 17.0. The van der Waals surface area contributed by atoms with Crippen molar-refractivity contribution in [1.82, 2.24) is 0 Å². The summed E-state index contributed by atoms with van der Waals surface area (Å²) in [5, 5.41) is 0. The monoisotopic (exact) mass is 493 g/mol. The van der Waals surface area contributed by atoms with Gasteiger partial charge in [-0.15, -0.1) is 0 Å². The lowest BCUT2D eigenvalue weighted by molar-refractivity contribution is -0.151. The molecule has 0 aliphatic carbocycles. The quantitative estimate of drug-likeness (QED) is 0.246. The number of hydrogen-bond donors (Lipinski definition) is 1. The zero-order valence-electron chi connectivity index (χ0n) is 19.5. The largest absolute Gasteiger partial charge is 0.509 e. The Hall–Kier alpha value is -3.34. The second kappa shape index (κ2) is 14.1. The van der Waals surface area contributed by atoms with Crippen molar-refractivity contribution >= 4 is 20.0 Å². The minimum absolute atomic E-state index is 0.0121. The first kappa shape index (κ1) is 26.3. The first-order valence-corrected chi connectivity index (χ1v) is 12.9. The highest BCUT2D eigenvalue weighted by molar-refractivity contribution is 7.38. The van der Waals surface area contributed by atoms with Crippen LogP contribution in [-0.4, -0.2) is 22.5 Å². The normalized spacial score (nSPS) is 12.9. The molecule has 0 heterocycles. The molecule has 35 heavy (non-hydrogen) atoms. The van der Waals surface area contributed by atoms with Gasteiger partial charge in [0, 0.05) is 19.3 Å². The smallest absolute Gasteiger partial charge is 0.461 e. The van der Waals surface area contributed by atoms with E-state index in [9.17, 15) is 19.0 Å². The van der Waals surface area contributed by atoms with E-state index in [-0.39, 0.29) is 32.5 Å². The second-order valence-corrected chi connectivity index (χ2v) is 9.69. The van der Waals surface area contributed by atoms with Crippen molar-refractivity contribution in [1.29, 1.82) is 0 Å². The van der Waals surface area contributed by atoms with Crippen molar-refractivity contribution in [2.75, 3.05) is 0 Å². The zero-order valence-corrected chi connectivity index (χ0v) is 20.4. The van der Waals surface area contributed by atoms with Gasteiger partial charge in [0.25, 0.3) is 0 Å². The van der Waals surface area contributed by atoms with Crippen LogP contribution in [0.5, 0.6) is 0 Å². The van der Waals surface area contributed by atoms with Crippen LogP contribution in [0.25, 0.3) is 0 Å². The van der Waals surface area contributed by atoms with Gasteiger partial charge in [-0.2, -0.15) is 4.89 Å². The summed E-state index contributed by atoms with van der Waals surface area (Å²) < 4.78 is 23.0. The number of esters is 2. The van der Waals surface area contributed by atoms with E-state index in [1.807, 2.05) is 91.0 Å². The molecule has 0 aromatic heterocycles. The Kier molecular flexibility index (Phi) is 10.6. The Morgan fingerprint density at radius 1 is 0.743 bits per heavy atom. The maximum Gasteiger partial charge on any atom is 0.509 e. The fourth-order valence-corrected chi connectivity index (χ4v) is 4.55. The number of hydrogen-bond acceptors (Lipinski definition) is 5. The topological polar surface area (TPSA) is 89.9 Å². The molecule has 0 aliphatic heterocycles. The van der Waals surface area contributed by atoms with E-state index >= 15 is 0 Å². The molecule has 0 spiro atoms. The standard InChI is InChI=1S/C28H29O6P/c29-27(33-20-23-12-6-2-7-13-23)17-16-25(28(30)34-21-24-14-8-3-9-15-24)19-26(35(31)32)18-22-10-4-1-5-11-22/h1-15,25-26H,16-21H2/p+1. The number of carbonyl (C=O) groups excluding carboxylic acids is 2. The molecule has 0 fully saturated rings. The van der Waals surface area contributed by atoms with Crippen molar-refractivity contribution in [2.45, 2.75) is 44.6 Å². The third kappa shape index (κ3) is 9.44. The molecular formula is C28H30O6P+. The SMILES string of the molecule is O=C(CCC(CC(Cc1ccccc1)[P+](=O)O)C(=O)OCc1ccccc1)OCc1ccccc1. The van der Waals surface area contributed by atoms with Gasteiger partial charge in [-0.3, -0.25) is 9.59 Å². The fourth-order valence-electron chi connectivity index (χ4n) is 3.75. The maximum atomic E-state index is 13.0. The minimum Gasteiger partial charge on any atom is -0.461 e. The van der Waals surface area contributed by atoms with Gasteiger partial charge in [-0.05, 0) is 27.7 Å². The van der Waals surface area contributed by atoms with Crippen LogP contribution in [0.2, 0.25) is 0 Å². The molecule has 7 heteroatoms. The van der Waals surface area contributed by atoms with Crippen LogP contribution in [0.4, 0.5) is 0 Å². The molecule has 3 atom stereocenters. The van der Waals surface area contributed by atoms with Crippen LogP contribution in [0, 0.1) is 5.92 Å². The number of benzene rings is 3. The highest BCUT2D eigenvalue weighted by Crippen LogP contribution is 2.33. The van der Waals surface area contributed by atoms with Gasteiger partial charge in [0.15, 0.2) is 5.66 Å². The highest BCUT2D eigenvalue weighted by atomic mass is 31.1. The Morgan fingerprint density at radius 3 is 1.74 bits per heavy atom. The molecule has 3 unspecified atom stereocenters. The summed E-state index contributed by atoms with van der Waals surface area (Å²) in [5.74, 6) is -1.62. The van der Waals surface area contributed by atoms with Crippen LogP contribution in [0.3, 0.4) is 0 Å². The van der Waals surface area contributed by atoms with Gasteiger partial charge in [-0.1, -0.05) is 91.0 Å². The van der Waals surface area contributed by atoms with Crippen LogP contribution in [0.15, 0.2) is 91.0 Å². The Morgan fingerprint density at radius 2 is 1.23 bits per heavy atom. The molecule has 3 rings (SSSR count). The van der Waals surface area contributed by atoms with E-state index in [0.29, 0.717) is 6.42 Å². The van der Waals surface area contributed by atoms with E-state index in [1.54, 1.807) is 0 Å². The molecule has 3 aromatic rings. The molecule has 1 N–H and O–H groups in total. The van der Waals surface area contributed by atoms with Crippen molar-refractivity contribution in [3.8, 4) is 0 Å². The third-order valence-corrected chi connectivity index (χ3v) is 6.70. The van der Waals surface area contributed by atoms with E-state index in [4.69, 9.17) is 9.47 Å². The molecule has 6 nitrogen and oxygen atoms in total. The zero-order chi connectivity index (χ0) is 24.9. The maximum absolute atomic E-state index is 13.0. The predicted molar refractivity (Wildman–Crippen MR) is 134 cm³/mol. The molecule has 3 aromatic carbocycles. The summed E-state index contributed by atoms with van der Waals surface area (Å²) in [5.41, 5.74) is 1.99. The summed E-state index contributed by atoms with van der Waals surface area (Å²) in [7, 11) is -2.53. The highest BCUT2D eigenvalue weighted by Gasteiger charge is 2.35. The van der Waals surface area contributed by atoms with E-state index < -0.39 is 31.5 Å². The number of rotatable bonds is 13. The molecule has 0 aliphatic rings. The average Bonchev–Trinajstić information content (AvgIpc) is 2.89. The molecule has 0 amide bonds. The van der Waals surface area contributed by atoms with E-state index in [0.717, 1.165) is 16.7 Å². The van der Waals surface area contributed by atoms with Crippen molar-refractivity contribution in [2.24, 2.45) is 5.92 Å². The lowest BCUT2D eigenvalue weighted by Gasteiger charge is -2.17. The average molecular weight is 494 g/mol. The van der Waals surface area contributed by atoms with Crippen LogP contribution < -0.4 is 0 Å². The second-order valence-electron chi connectivity index (χ2n) is 8.36. The summed E-state index contributed by atoms with van der Waals surface area (Å²) >= 11 is 0. The van der Waals surface area contributed by atoms with Crippen molar-refractivity contribution < 1.29 is 28.5 Å². The summed E-state index contributed by atoms with van der Waals surface area (Å²) in [6.07, 6.45) is 0.682. The predicted octanol–water partition coefficient (Wildman–Crippen LogP) is 5.61. The van der Waals surface area contributed by atoms with Gasteiger partial charge in [0.05, 0.1) is 5.92 Å². The molecule has 0 bridgehead atoms.